The lowest BCUT2D eigenvalue weighted by Crippen LogP contribution is -2.23. The molecule has 0 unspecified atom stereocenters. The van der Waals surface area contributed by atoms with Gasteiger partial charge in [-0.15, -0.1) is 11.3 Å². The van der Waals surface area contributed by atoms with E-state index in [1.165, 1.54) is 18.4 Å². The predicted octanol–water partition coefficient (Wildman–Crippen LogP) is 4.07. The molecule has 0 spiro atoms. The third-order valence-electron chi connectivity index (χ3n) is 5.21. The van der Waals surface area contributed by atoms with Crippen molar-refractivity contribution in [3.8, 4) is 0 Å². The summed E-state index contributed by atoms with van der Waals surface area (Å²) in [6.45, 7) is 3.70. The maximum Gasteiger partial charge on any atom is 0.271 e. The summed E-state index contributed by atoms with van der Waals surface area (Å²) in [5.41, 5.74) is 3.22. The van der Waals surface area contributed by atoms with Gasteiger partial charge in [-0.25, -0.2) is 8.42 Å². The van der Waals surface area contributed by atoms with Crippen molar-refractivity contribution in [2.24, 2.45) is 0 Å². The first-order chi connectivity index (χ1) is 15.0. The third-order valence-corrected chi connectivity index (χ3v) is 7.99. The van der Waals surface area contributed by atoms with Crippen molar-refractivity contribution in [1.29, 1.82) is 0 Å². The van der Waals surface area contributed by atoms with Crippen LogP contribution in [0.15, 0.2) is 70.3 Å². The number of carbonyl (C=O) groups excluding carboxylic acids is 1. The second-order valence-electron chi connectivity index (χ2n) is 7.60. The third kappa shape index (κ3) is 5.72. The number of anilines is 1. The largest absolute Gasteiger partial charge is 0.348 e. The molecule has 2 heterocycles. The highest BCUT2D eigenvalue weighted by Crippen LogP contribution is 2.20. The number of benzene rings is 2. The molecule has 0 atom stereocenters. The quantitative estimate of drug-likeness (QED) is 0.537. The molecule has 6 nitrogen and oxygen atoms in total. The Morgan fingerprint density at radius 1 is 0.968 bits per heavy atom. The van der Waals surface area contributed by atoms with Gasteiger partial charge in [0.25, 0.3) is 15.9 Å². The molecule has 3 aromatic rings. The van der Waals surface area contributed by atoms with Gasteiger partial charge in [-0.2, -0.15) is 0 Å². The van der Waals surface area contributed by atoms with Crippen LogP contribution in [0, 0.1) is 0 Å². The number of carbonyl (C=O) groups is 1. The van der Waals surface area contributed by atoms with Crippen molar-refractivity contribution in [3.63, 3.8) is 0 Å². The van der Waals surface area contributed by atoms with E-state index < -0.39 is 10.0 Å². The van der Waals surface area contributed by atoms with Crippen LogP contribution in [0.25, 0.3) is 0 Å². The molecule has 0 aliphatic carbocycles. The van der Waals surface area contributed by atoms with E-state index >= 15 is 0 Å². The molecule has 162 valence electrons. The average Bonchev–Trinajstić information content (AvgIpc) is 3.47. The molecule has 31 heavy (non-hydrogen) atoms. The maximum atomic E-state index is 12.5. The standard InChI is InChI=1S/C23H25N3O3S2/c27-23(24-16-18-5-3-6-19(15-18)17-26-12-1-2-13-26)20-8-10-21(11-9-20)25-31(28,29)22-7-4-14-30-22/h3-11,14-15,25H,1-2,12-13,16-17H2,(H,24,27). The van der Waals surface area contributed by atoms with Crippen LogP contribution in [-0.4, -0.2) is 32.3 Å². The van der Waals surface area contributed by atoms with Crippen LogP contribution >= 0.6 is 11.3 Å². The first-order valence-electron chi connectivity index (χ1n) is 10.2. The monoisotopic (exact) mass is 455 g/mol. The molecular weight excluding hydrogens is 430 g/mol. The fourth-order valence-electron chi connectivity index (χ4n) is 3.63. The van der Waals surface area contributed by atoms with E-state index in [2.05, 4.69) is 27.1 Å². The molecule has 1 aromatic heterocycles. The number of hydrogen-bond acceptors (Lipinski definition) is 5. The molecule has 0 saturated carbocycles. The van der Waals surface area contributed by atoms with Crippen molar-refractivity contribution in [1.82, 2.24) is 10.2 Å². The summed E-state index contributed by atoms with van der Waals surface area (Å²) in [6, 6.07) is 18.0. The lowest BCUT2D eigenvalue weighted by atomic mass is 10.1. The van der Waals surface area contributed by atoms with E-state index in [4.69, 9.17) is 0 Å². The molecule has 1 amide bonds. The minimum atomic E-state index is -3.60. The SMILES string of the molecule is O=C(NCc1cccc(CN2CCCC2)c1)c1ccc(NS(=O)(=O)c2cccs2)cc1. The Hall–Kier alpha value is -2.68. The van der Waals surface area contributed by atoms with Gasteiger partial charge >= 0.3 is 0 Å². The zero-order valence-corrected chi connectivity index (χ0v) is 18.7. The summed E-state index contributed by atoms with van der Waals surface area (Å²) < 4.78 is 27.4. The number of amides is 1. The van der Waals surface area contributed by atoms with Crippen LogP contribution in [0.4, 0.5) is 5.69 Å². The zero-order chi connectivity index (χ0) is 21.7. The Labute approximate surface area is 187 Å². The van der Waals surface area contributed by atoms with E-state index in [0.29, 0.717) is 17.8 Å². The topological polar surface area (TPSA) is 78.5 Å². The van der Waals surface area contributed by atoms with Crippen molar-refractivity contribution in [2.75, 3.05) is 17.8 Å². The lowest BCUT2D eigenvalue weighted by molar-refractivity contribution is 0.0951. The molecule has 1 saturated heterocycles. The van der Waals surface area contributed by atoms with Gasteiger partial charge in [-0.3, -0.25) is 14.4 Å². The molecule has 8 heteroatoms. The van der Waals surface area contributed by atoms with Gasteiger partial charge in [-0.05, 0) is 72.8 Å². The summed E-state index contributed by atoms with van der Waals surface area (Å²) in [5, 5.41) is 4.65. The van der Waals surface area contributed by atoms with Crippen LogP contribution in [0.2, 0.25) is 0 Å². The minimum Gasteiger partial charge on any atom is -0.348 e. The average molecular weight is 456 g/mol. The predicted molar refractivity (Wildman–Crippen MR) is 124 cm³/mol. The number of nitrogens with one attached hydrogen (secondary N) is 2. The number of sulfonamides is 1. The molecule has 0 bridgehead atoms. The molecule has 1 aliphatic heterocycles. The van der Waals surface area contributed by atoms with Gasteiger partial charge in [-0.1, -0.05) is 30.3 Å². The number of hydrogen-bond donors (Lipinski definition) is 2. The number of thiophene rings is 1. The van der Waals surface area contributed by atoms with Gasteiger partial charge in [0, 0.05) is 24.3 Å². The first kappa shape index (κ1) is 21.5. The number of likely N-dealkylation sites (tertiary alicyclic amines) is 1. The molecule has 2 N–H and O–H groups in total. The zero-order valence-electron chi connectivity index (χ0n) is 17.1. The molecule has 0 radical (unpaired) electrons. The highest BCUT2D eigenvalue weighted by Gasteiger charge is 2.15. The fraction of sp³-hybridized carbons (Fsp3) is 0.261. The van der Waals surface area contributed by atoms with E-state index in [1.54, 1.807) is 41.8 Å². The van der Waals surface area contributed by atoms with Crippen LogP contribution in [0.3, 0.4) is 0 Å². The van der Waals surface area contributed by atoms with Gasteiger partial charge in [0.2, 0.25) is 0 Å². The van der Waals surface area contributed by atoms with E-state index in [0.717, 1.165) is 36.5 Å². The number of rotatable bonds is 8. The van der Waals surface area contributed by atoms with Crippen molar-refractivity contribution in [2.45, 2.75) is 30.1 Å². The molecular formula is C23H25N3O3S2. The Morgan fingerprint density at radius 2 is 1.71 bits per heavy atom. The van der Waals surface area contributed by atoms with E-state index in [1.807, 2.05) is 12.1 Å². The molecule has 1 aliphatic rings. The first-order valence-corrected chi connectivity index (χ1v) is 12.6. The Bertz CT molecular complexity index is 1120. The second-order valence-corrected chi connectivity index (χ2v) is 10.5. The normalized spacial score (nSPS) is 14.5. The second kappa shape index (κ2) is 9.64. The summed E-state index contributed by atoms with van der Waals surface area (Å²) in [5.74, 6) is -0.197. The van der Waals surface area contributed by atoms with E-state index in [-0.39, 0.29) is 10.1 Å². The molecule has 1 fully saturated rings. The van der Waals surface area contributed by atoms with Crippen molar-refractivity contribution >= 4 is 33.0 Å². The van der Waals surface area contributed by atoms with Crippen LogP contribution in [-0.2, 0) is 23.1 Å². The Balaban J connectivity index is 1.33. The highest BCUT2D eigenvalue weighted by atomic mass is 32.2. The lowest BCUT2D eigenvalue weighted by Gasteiger charge is -2.15. The molecule has 4 rings (SSSR count). The number of nitrogens with zero attached hydrogens (tertiary/aromatic N) is 1. The van der Waals surface area contributed by atoms with E-state index in [9.17, 15) is 13.2 Å². The summed E-state index contributed by atoms with van der Waals surface area (Å²) in [7, 11) is -3.60. The molecule has 2 aromatic carbocycles. The Kier molecular flexibility index (Phi) is 6.70. The maximum absolute atomic E-state index is 12.5. The van der Waals surface area contributed by atoms with Gasteiger partial charge in [0.1, 0.15) is 4.21 Å². The summed E-state index contributed by atoms with van der Waals surface area (Å²) >= 11 is 1.15. The van der Waals surface area contributed by atoms with Gasteiger partial charge < -0.3 is 5.32 Å². The van der Waals surface area contributed by atoms with Crippen molar-refractivity contribution < 1.29 is 13.2 Å². The van der Waals surface area contributed by atoms with Gasteiger partial charge in [0.05, 0.1) is 0 Å². The Morgan fingerprint density at radius 3 is 2.42 bits per heavy atom. The minimum absolute atomic E-state index is 0.197. The summed E-state index contributed by atoms with van der Waals surface area (Å²) in [4.78, 5) is 15.0. The highest BCUT2D eigenvalue weighted by molar-refractivity contribution is 7.94. The fourth-order valence-corrected chi connectivity index (χ4v) is 5.68. The smallest absolute Gasteiger partial charge is 0.271 e. The van der Waals surface area contributed by atoms with Gasteiger partial charge in [0.15, 0.2) is 0 Å². The van der Waals surface area contributed by atoms with Crippen LogP contribution < -0.4 is 10.0 Å². The van der Waals surface area contributed by atoms with Crippen molar-refractivity contribution in [3.05, 3.63) is 82.7 Å². The summed E-state index contributed by atoms with van der Waals surface area (Å²) in [6.07, 6.45) is 2.54. The van der Waals surface area contributed by atoms with Crippen LogP contribution in [0.5, 0.6) is 0 Å². The van der Waals surface area contributed by atoms with Crippen LogP contribution in [0.1, 0.15) is 34.3 Å².